The molecule has 0 unspecified atom stereocenters. The van der Waals surface area contributed by atoms with Crippen LogP contribution in [-0.2, 0) is 17.0 Å². The molecule has 0 aliphatic rings. The van der Waals surface area contributed by atoms with E-state index in [1.807, 2.05) is 30.3 Å². The zero-order valence-electron chi connectivity index (χ0n) is 11.1. The van der Waals surface area contributed by atoms with Gasteiger partial charge in [-0.2, -0.15) is 4.68 Å². The number of hydrogen-bond acceptors (Lipinski definition) is 7. The Labute approximate surface area is 124 Å². The van der Waals surface area contributed by atoms with Crippen molar-refractivity contribution in [2.75, 3.05) is 5.84 Å². The van der Waals surface area contributed by atoms with E-state index in [-0.39, 0.29) is 23.7 Å². The van der Waals surface area contributed by atoms with Gasteiger partial charge in [0.05, 0.1) is 0 Å². The van der Waals surface area contributed by atoms with Crippen molar-refractivity contribution in [1.29, 1.82) is 0 Å². The lowest BCUT2D eigenvalue weighted by Gasteiger charge is -2.07. The molecule has 1 aromatic heterocycles. The van der Waals surface area contributed by atoms with E-state index >= 15 is 0 Å². The number of nitrogens with zero attached hydrogens (tertiary/aromatic N) is 3. The summed E-state index contributed by atoms with van der Waals surface area (Å²) in [4.78, 5) is 22.3. The molecule has 0 amide bonds. The maximum absolute atomic E-state index is 11.9. The Bertz CT molecular complexity index is 688. The predicted octanol–water partition coefficient (Wildman–Crippen LogP) is -0.673. The number of rotatable bonds is 6. The van der Waals surface area contributed by atoms with Gasteiger partial charge in [-0.15, -0.1) is 10.2 Å². The molecule has 0 spiro atoms. The van der Waals surface area contributed by atoms with E-state index in [2.05, 4.69) is 10.2 Å². The Morgan fingerprint density at radius 3 is 2.67 bits per heavy atom. The molecule has 2 N–H and O–H groups in total. The van der Waals surface area contributed by atoms with E-state index in [0.29, 0.717) is 5.75 Å². The van der Waals surface area contributed by atoms with Gasteiger partial charge in [-0.3, -0.25) is 4.79 Å². The van der Waals surface area contributed by atoms with Gasteiger partial charge in [0.25, 0.3) is 5.56 Å². The third-order valence-corrected chi connectivity index (χ3v) is 3.72. The molecule has 0 aliphatic carbocycles. The summed E-state index contributed by atoms with van der Waals surface area (Å²) in [5.74, 6) is 5.03. The third kappa shape index (κ3) is 4.06. The quantitative estimate of drug-likeness (QED) is 0.556. The highest BCUT2D eigenvalue weighted by atomic mass is 32.2. The van der Waals surface area contributed by atoms with Crippen LogP contribution in [0.4, 0.5) is 0 Å². The van der Waals surface area contributed by atoms with Crippen molar-refractivity contribution < 1.29 is 9.90 Å². The number of carbonyl (C=O) groups is 1. The second-order valence-corrected chi connectivity index (χ2v) is 5.19. The van der Waals surface area contributed by atoms with Crippen LogP contribution in [0.5, 0.6) is 0 Å². The summed E-state index contributed by atoms with van der Waals surface area (Å²) in [5, 5.41) is 18.3. The summed E-state index contributed by atoms with van der Waals surface area (Å²) in [6.45, 7) is 0. The Morgan fingerprint density at radius 2 is 2.00 bits per heavy atom. The van der Waals surface area contributed by atoms with Crippen LogP contribution in [0.2, 0.25) is 0 Å². The molecular formula is C13H13N4O3S-. The van der Waals surface area contributed by atoms with E-state index in [1.54, 1.807) is 0 Å². The molecule has 8 heteroatoms. The van der Waals surface area contributed by atoms with E-state index in [0.717, 1.165) is 10.2 Å². The average molecular weight is 305 g/mol. The lowest BCUT2D eigenvalue weighted by atomic mass is 10.2. The number of nitrogen functional groups attached to an aromatic ring is 1. The SMILES string of the molecule is Nn1c(SCc2ccccc2)nnc(CCC(=O)[O-])c1=O. The smallest absolute Gasteiger partial charge is 0.294 e. The number of carbonyl (C=O) groups excluding carboxylic acids is 1. The summed E-state index contributed by atoms with van der Waals surface area (Å²) in [7, 11) is 0. The fraction of sp³-hybridized carbons (Fsp3) is 0.231. The largest absolute Gasteiger partial charge is 0.550 e. The van der Waals surface area contributed by atoms with Gasteiger partial charge in [0, 0.05) is 18.1 Å². The van der Waals surface area contributed by atoms with Gasteiger partial charge in [0.2, 0.25) is 5.16 Å². The molecule has 1 aromatic carbocycles. The van der Waals surface area contributed by atoms with Gasteiger partial charge in [-0.25, -0.2) is 0 Å². The number of carboxylic acid groups (broad SMARTS) is 1. The zero-order chi connectivity index (χ0) is 15.2. The molecule has 0 atom stereocenters. The maximum atomic E-state index is 11.9. The van der Waals surface area contributed by atoms with Crippen molar-refractivity contribution in [1.82, 2.24) is 14.9 Å². The summed E-state index contributed by atoms with van der Waals surface area (Å²) in [6, 6.07) is 9.65. The van der Waals surface area contributed by atoms with Gasteiger partial charge in [0.1, 0.15) is 5.69 Å². The lowest BCUT2D eigenvalue weighted by molar-refractivity contribution is -0.305. The molecule has 0 aliphatic heterocycles. The molecule has 0 saturated carbocycles. The van der Waals surface area contributed by atoms with Crippen LogP contribution in [0.15, 0.2) is 40.3 Å². The Morgan fingerprint density at radius 1 is 1.29 bits per heavy atom. The van der Waals surface area contributed by atoms with Crippen molar-refractivity contribution in [3.63, 3.8) is 0 Å². The molecule has 0 fully saturated rings. The summed E-state index contributed by atoms with van der Waals surface area (Å²) in [5.41, 5.74) is 0.547. The van der Waals surface area contributed by atoms with Crippen LogP contribution in [0.3, 0.4) is 0 Å². The van der Waals surface area contributed by atoms with E-state index in [9.17, 15) is 14.7 Å². The molecule has 0 radical (unpaired) electrons. The Hall–Kier alpha value is -2.35. The highest BCUT2D eigenvalue weighted by Crippen LogP contribution is 2.18. The molecule has 1 heterocycles. The van der Waals surface area contributed by atoms with Crippen molar-refractivity contribution >= 4 is 17.7 Å². The molecule has 21 heavy (non-hydrogen) atoms. The highest BCUT2D eigenvalue weighted by molar-refractivity contribution is 7.98. The van der Waals surface area contributed by atoms with E-state index < -0.39 is 11.5 Å². The summed E-state index contributed by atoms with van der Waals surface area (Å²) in [6.07, 6.45) is -0.338. The molecule has 7 nitrogen and oxygen atoms in total. The first-order valence-electron chi connectivity index (χ1n) is 6.18. The summed E-state index contributed by atoms with van der Waals surface area (Å²) >= 11 is 1.28. The average Bonchev–Trinajstić information content (AvgIpc) is 2.48. The van der Waals surface area contributed by atoms with Crippen LogP contribution in [0.1, 0.15) is 17.7 Å². The number of aliphatic carboxylic acids is 1. The minimum absolute atomic E-state index is 0.0192. The van der Waals surface area contributed by atoms with Crippen LogP contribution < -0.4 is 16.5 Å². The third-order valence-electron chi connectivity index (χ3n) is 2.70. The van der Waals surface area contributed by atoms with Gasteiger partial charge in [-0.1, -0.05) is 42.1 Å². The minimum atomic E-state index is -1.25. The van der Waals surface area contributed by atoms with Crippen LogP contribution in [0, 0.1) is 0 Å². The second kappa shape index (κ2) is 6.89. The Kier molecular flexibility index (Phi) is 4.94. The zero-order valence-corrected chi connectivity index (χ0v) is 11.9. The number of benzene rings is 1. The number of aromatic nitrogens is 3. The fourth-order valence-electron chi connectivity index (χ4n) is 1.62. The van der Waals surface area contributed by atoms with Crippen molar-refractivity contribution in [3.05, 3.63) is 51.9 Å². The fourth-order valence-corrected chi connectivity index (χ4v) is 2.43. The number of thioether (sulfide) groups is 1. The molecule has 110 valence electrons. The molecule has 2 rings (SSSR count). The lowest BCUT2D eigenvalue weighted by Crippen LogP contribution is -2.34. The first kappa shape index (κ1) is 15.0. The normalized spacial score (nSPS) is 10.5. The monoisotopic (exact) mass is 305 g/mol. The number of hydrogen-bond donors (Lipinski definition) is 1. The molecule has 0 saturated heterocycles. The minimum Gasteiger partial charge on any atom is -0.550 e. The van der Waals surface area contributed by atoms with Crippen molar-refractivity contribution in [3.8, 4) is 0 Å². The highest BCUT2D eigenvalue weighted by Gasteiger charge is 2.10. The number of nitrogens with two attached hydrogens (primary N) is 1. The second-order valence-electron chi connectivity index (χ2n) is 4.25. The van der Waals surface area contributed by atoms with Crippen molar-refractivity contribution in [2.45, 2.75) is 23.8 Å². The topological polar surface area (TPSA) is 114 Å². The Balaban J connectivity index is 2.09. The maximum Gasteiger partial charge on any atom is 0.294 e. The predicted molar refractivity (Wildman–Crippen MR) is 75.8 cm³/mol. The van der Waals surface area contributed by atoms with Crippen LogP contribution in [0.25, 0.3) is 0 Å². The van der Waals surface area contributed by atoms with Crippen LogP contribution >= 0.6 is 11.8 Å². The van der Waals surface area contributed by atoms with E-state index in [4.69, 9.17) is 5.84 Å². The van der Waals surface area contributed by atoms with Gasteiger partial charge < -0.3 is 15.7 Å². The standard InChI is InChI=1S/C13H14N4O3S/c14-17-12(20)10(6-7-11(18)19)15-16-13(17)21-8-9-4-2-1-3-5-9/h1-5H,6-8,14H2,(H,18,19)/p-1. The first-order chi connectivity index (χ1) is 10.1. The summed E-state index contributed by atoms with van der Waals surface area (Å²) < 4.78 is 0.894. The number of aryl methyl sites for hydroxylation is 1. The van der Waals surface area contributed by atoms with Gasteiger partial charge >= 0.3 is 0 Å². The molecular weight excluding hydrogens is 292 g/mol. The van der Waals surface area contributed by atoms with E-state index in [1.165, 1.54) is 11.8 Å². The molecule has 0 bridgehead atoms. The number of carboxylic acids is 1. The van der Waals surface area contributed by atoms with Crippen molar-refractivity contribution in [2.24, 2.45) is 0 Å². The van der Waals surface area contributed by atoms with Crippen LogP contribution in [-0.4, -0.2) is 20.8 Å². The molecule has 2 aromatic rings. The van der Waals surface area contributed by atoms with Gasteiger partial charge in [0.15, 0.2) is 0 Å². The first-order valence-corrected chi connectivity index (χ1v) is 7.16. The van der Waals surface area contributed by atoms with Gasteiger partial charge in [-0.05, 0) is 12.0 Å².